The third-order valence-corrected chi connectivity index (χ3v) is 4.01. The van der Waals surface area contributed by atoms with Gasteiger partial charge in [-0.3, -0.25) is 9.78 Å². The number of methoxy groups -OCH3 is 1. The number of anilines is 2. The lowest BCUT2D eigenvalue weighted by Gasteiger charge is -2.26. The van der Waals surface area contributed by atoms with Crippen LogP contribution in [0.1, 0.15) is 10.5 Å². The third-order valence-electron chi connectivity index (χ3n) is 3.72. The van der Waals surface area contributed by atoms with Crippen molar-refractivity contribution in [3.05, 3.63) is 47.2 Å². The average Bonchev–Trinajstić information content (AvgIpc) is 2.62. The molecule has 0 atom stereocenters. The average molecular weight is 348 g/mol. The number of aromatic nitrogens is 1. The fourth-order valence-electron chi connectivity index (χ4n) is 2.46. The lowest BCUT2D eigenvalue weighted by molar-refractivity contribution is 0.0299. The van der Waals surface area contributed by atoms with Gasteiger partial charge in [-0.05, 0) is 30.3 Å². The number of pyridine rings is 1. The molecule has 1 fully saturated rings. The first kappa shape index (κ1) is 16.5. The van der Waals surface area contributed by atoms with E-state index in [0.29, 0.717) is 42.8 Å². The maximum absolute atomic E-state index is 12.5. The molecule has 0 bridgehead atoms. The van der Waals surface area contributed by atoms with Gasteiger partial charge in [-0.1, -0.05) is 11.6 Å². The van der Waals surface area contributed by atoms with Gasteiger partial charge in [0, 0.05) is 30.7 Å². The molecule has 7 heteroatoms. The van der Waals surface area contributed by atoms with E-state index < -0.39 is 0 Å². The van der Waals surface area contributed by atoms with Crippen LogP contribution in [0.25, 0.3) is 0 Å². The molecule has 6 nitrogen and oxygen atoms in total. The molecule has 1 aliphatic rings. The topological polar surface area (TPSA) is 63.7 Å². The summed E-state index contributed by atoms with van der Waals surface area (Å²) >= 11 is 6.13. The zero-order valence-corrected chi connectivity index (χ0v) is 14.0. The Labute approximate surface area is 145 Å². The molecule has 1 aromatic heterocycles. The van der Waals surface area contributed by atoms with E-state index in [-0.39, 0.29) is 5.91 Å². The summed E-state index contributed by atoms with van der Waals surface area (Å²) in [6, 6.07) is 8.94. The van der Waals surface area contributed by atoms with E-state index in [1.807, 2.05) is 6.07 Å². The molecule has 24 heavy (non-hydrogen) atoms. The molecule has 0 aliphatic carbocycles. The van der Waals surface area contributed by atoms with Crippen LogP contribution in [0, 0.1) is 0 Å². The highest BCUT2D eigenvalue weighted by Crippen LogP contribution is 2.28. The highest BCUT2D eigenvalue weighted by atomic mass is 35.5. The number of carbonyl (C=O) groups excluding carboxylic acids is 1. The summed E-state index contributed by atoms with van der Waals surface area (Å²) in [6.07, 6.45) is 1.61. The number of nitrogens with one attached hydrogen (secondary N) is 1. The normalized spacial score (nSPS) is 14.3. The minimum atomic E-state index is -0.0882. The first-order valence-corrected chi connectivity index (χ1v) is 7.99. The second-order valence-corrected chi connectivity index (χ2v) is 5.72. The number of carbonyl (C=O) groups is 1. The zero-order chi connectivity index (χ0) is 16.9. The third kappa shape index (κ3) is 3.77. The second-order valence-electron chi connectivity index (χ2n) is 5.31. The van der Waals surface area contributed by atoms with Crippen molar-refractivity contribution in [2.75, 3.05) is 38.7 Å². The summed E-state index contributed by atoms with van der Waals surface area (Å²) in [5.41, 5.74) is 1.97. The van der Waals surface area contributed by atoms with Gasteiger partial charge in [0.25, 0.3) is 5.91 Å². The number of ether oxygens (including phenoxy) is 2. The predicted octanol–water partition coefficient (Wildman–Crippen LogP) is 2.96. The number of hydrogen-bond acceptors (Lipinski definition) is 5. The van der Waals surface area contributed by atoms with E-state index in [4.69, 9.17) is 21.1 Å². The Balaban J connectivity index is 1.75. The van der Waals surface area contributed by atoms with E-state index in [0.717, 1.165) is 11.4 Å². The predicted molar refractivity (Wildman–Crippen MR) is 92.2 cm³/mol. The van der Waals surface area contributed by atoms with Crippen molar-refractivity contribution in [3.8, 4) is 5.75 Å². The fraction of sp³-hybridized carbons (Fsp3) is 0.294. The first-order chi connectivity index (χ1) is 11.7. The summed E-state index contributed by atoms with van der Waals surface area (Å²) in [5.74, 6) is 0.523. The van der Waals surface area contributed by atoms with Crippen LogP contribution in [0.15, 0.2) is 36.5 Å². The molecular weight excluding hydrogens is 330 g/mol. The maximum atomic E-state index is 12.5. The van der Waals surface area contributed by atoms with Crippen molar-refractivity contribution in [1.82, 2.24) is 9.88 Å². The Morgan fingerprint density at radius 3 is 2.71 bits per heavy atom. The van der Waals surface area contributed by atoms with Crippen LogP contribution in [-0.4, -0.2) is 49.2 Å². The minimum Gasteiger partial charge on any atom is -0.495 e. The summed E-state index contributed by atoms with van der Waals surface area (Å²) in [4.78, 5) is 18.4. The maximum Gasteiger partial charge on any atom is 0.272 e. The van der Waals surface area contributed by atoms with Gasteiger partial charge in [0.1, 0.15) is 11.4 Å². The van der Waals surface area contributed by atoms with Crippen molar-refractivity contribution >= 4 is 28.9 Å². The number of amides is 1. The van der Waals surface area contributed by atoms with Crippen LogP contribution >= 0.6 is 11.6 Å². The first-order valence-electron chi connectivity index (χ1n) is 7.61. The van der Waals surface area contributed by atoms with Gasteiger partial charge in [0.05, 0.1) is 25.3 Å². The number of halogens is 1. The SMILES string of the molecule is COc1ccc(Nc2ccnc(C(=O)N3CCOCC3)c2)cc1Cl. The second kappa shape index (κ2) is 7.51. The Bertz CT molecular complexity index is 733. The van der Waals surface area contributed by atoms with Crippen molar-refractivity contribution in [2.45, 2.75) is 0 Å². The Hall–Kier alpha value is -2.31. The van der Waals surface area contributed by atoms with Crippen LogP contribution in [-0.2, 0) is 4.74 Å². The number of rotatable bonds is 4. The summed E-state index contributed by atoms with van der Waals surface area (Å²) in [5, 5.41) is 3.73. The molecule has 1 saturated heterocycles. The monoisotopic (exact) mass is 347 g/mol. The highest BCUT2D eigenvalue weighted by molar-refractivity contribution is 6.32. The minimum absolute atomic E-state index is 0.0882. The van der Waals surface area contributed by atoms with E-state index >= 15 is 0 Å². The molecule has 0 unspecified atom stereocenters. The Morgan fingerprint density at radius 2 is 2.00 bits per heavy atom. The zero-order valence-electron chi connectivity index (χ0n) is 13.3. The molecule has 2 aromatic rings. The molecule has 3 rings (SSSR count). The number of hydrogen-bond donors (Lipinski definition) is 1. The fourth-order valence-corrected chi connectivity index (χ4v) is 2.72. The van der Waals surface area contributed by atoms with Gasteiger partial charge in [-0.25, -0.2) is 0 Å². The number of benzene rings is 1. The molecule has 1 aliphatic heterocycles. The van der Waals surface area contributed by atoms with Crippen LogP contribution in [0.2, 0.25) is 5.02 Å². The molecule has 2 heterocycles. The van der Waals surface area contributed by atoms with Gasteiger partial charge in [-0.2, -0.15) is 0 Å². The molecule has 1 amide bonds. The molecular formula is C17H18ClN3O3. The molecule has 1 N–H and O–H groups in total. The van der Waals surface area contributed by atoms with Crippen molar-refractivity contribution in [2.24, 2.45) is 0 Å². The summed E-state index contributed by atoms with van der Waals surface area (Å²) < 4.78 is 10.4. The smallest absolute Gasteiger partial charge is 0.272 e. The standard InChI is InChI=1S/C17H18ClN3O3/c1-23-16-3-2-12(10-14(16)18)20-13-4-5-19-15(11-13)17(22)21-6-8-24-9-7-21/h2-5,10-11H,6-9H2,1H3,(H,19,20). The number of morpholine rings is 1. The molecule has 1 aromatic carbocycles. The van der Waals surface area contributed by atoms with Crippen molar-refractivity contribution < 1.29 is 14.3 Å². The van der Waals surface area contributed by atoms with E-state index in [9.17, 15) is 4.79 Å². The van der Waals surface area contributed by atoms with Crippen molar-refractivity contribution in [1.29, 1.82) is 0 Å². The number of nitrogens with zero attached hydrogens (tertiary/aromatic N) is 2. The van der Waals surface area contributed by atoms with Gasteiger partial charge in [0.2, 0.25) is 0 Å². The molecule has 0 saturated carbocycles. The van der Waals surface area contributed by atoms with E-state index in [2.05, 4.69) is 10.3 Å². The lowest BCUT2D eigenvalue weighted by atomic mass is 10.2. The molecule has 0 radical (unpaired) electrons. The van der Waals surface area contributed by atoms with Gasteiger partial charge in [0.15, 0.2) is 0 Å². The van der Waals surface area contributed by atoms with Crippen LogP contribution < -0.4 is 10.1 Å². The van der Waals surface area contributed by atoms with E-state index in [1.165, 1.54) is 0 Å². The molecule has 0 spiro atoms. The quantitative estimate of drug-likeness (QED) is 0.921. The van der Waals surface area contributed by atoms with Crippen LogP contribution in [0.4, 0.5) is 11.4 Å². The summed E-state index contributed by atoms with van der Waals surface area (Å²) in [7, 11) is 1.57. The van der Waals surface area contributed by atoms with Crippen molar-refractivity contribution in [3.63, 3.8) is 0 Å². The highest BCUT2D eigenvalue weighted by Gasteiger charge is 2.19. The Morgan fingerprint density at radius 1 is 1.25 bits per heavy atom. The van der Waals surface area contributed by atoms with E-state index in [1.54, 1.807) is 42.5 Å². The Kier molecular flexibility index (Phi) is 5.17. The van der Waals surface area contributed by atoms with Gasteiger partial charge in [-0.15, -0.1) is 0 Å². The van der Waals surface area contributed by atoms with Crippen LogP contribution in [0.5, 0.6) is 5.75 Å². The van der Waals surface area contributed by atoms with Gasteiger partial charge < -0.3 is 19.7 Å². The lowest BCUT2D eigenvalue weighted by Crippen LogP contribution is -2.41. The largest absolute Gasteiger partial charge is 0.495 e. The van der Waals surface area contributed by atoms with Gasteiger partial charge >= 0.3 is 0 Å². The van der Waals surface area contributed by atoms with Crippen LogP contribution in [0.3, 0.4) is 0 Å². The summed E-state index contributed by atoms with van der Waals surface area (Å²) in [6.45, 7) is 2.31. The molecule has 126 valence electrons.